The molecule has 190 valence electrons. The molecule has 1 saturated heterocycles. The van der Waals surface area contributed by atoms with E-state index >= 15 is 0 Å². The smallest absolute Gasteiger partial charge is 0.263 e. The second kappa shape index (κ2) is 9.57. The van der Waals surface area contributed by atoms with Crippen LogP contribution in [0.25, 0.3) is 16.5 Å². The second-order valence-corrected chi connectivity index (χ2v) is 9.89. The van der Waals surface area contributed by atoms with E-state index in [9.17, 15) is 4.79 Å². The fourth-order valence-electron chi connectivity index (χ4n) is 5.56. The number of nitrogens with two attached hydrogens (primary N) is 1. The third kappa shape index (κ3) is 4.24. The Morgan fingerprint density at radius 2 is 1.81 bits per heavy atom. The van der Waals surface area contributed by atoms with Crippen LogP contribution in [0.4, 0.5) is 0 Å². The minimum atomic E-state index is -0.290. The van der Waals surface area contributed by atoms with Crippen molar-refractivity contribution in [2.24, 2.45) is 26.7 Å². The first-order chi connectivity index (χ1) is 18.0. The van der Waals surface area contributed by atoms with Crippen molar-refractivity contribution in [3.05, 3.63) is 75.7 Å². The van der Waals surface area contributed by atoms with Gasteiger partial charge in [0.1, 0.15) is 18.1 Å². The molecule has 1 aromatic heterocycles. The van der Waals surface area contributed by atoms with Crippen molar-refractivity contribution >= 4 is 28.7 Å². The number of benzene rings is 2. The van der Waals surface area contributed by atoms with Crippen LogP contribution in [0.15, 0.2) is 68.4 Å². The number of fused-ring (bicyclic) bond motifs is 2. The number of aryl methyl sites for hydroxylation is 2. The molecule has 1 fully saturated rings. The minimum absolute atomic E-state index is 0.0265. The molecule has 2 aromatic carbocycles. The Balaban J connectivity index is 1.45. The number of amidine groups is 1. The Bertz CT molecular complexity index is 1500. The van der Waals surface area contributed by atoms with E-state index in [1.165, 1.54) is 6.34 Å². The molecule has 2 unspecified atom stereocenters. The first-order valence-electron chi connectivity index (χ1n) is 12.7. The fraction of sp³-hybridized carbons (Fsp3) is 0.357. The van der Waals surface area contributed by atoms with Crippen LogP contribution in [0, 0.1) is 19.8 Å². The van der Waals surface area contributed by atoms with Crippen LogP contribution in [0.3, 0.4) is 0 Å². The SMILES string of the molecule is Cc1ccccc1-n1c(CN2N=C(CN3CCOCC3)C3C(N)=NC=NC32)cc2cccc(C)c2c1=O. The summed E-state index contributed by atoms with van der Waals surface area (Å²) in [6.45, 7) is 8.25. The van der Waals surface area contributed by atoms with Crippen LogP contribution in [-0.4, -0.2) is 71.4 Å². The molecule has 0 bridgehead atoms. The molecule has 9 heteroatoms. The lowest BCUT2D eigenvalue weighted by Crippen LogP contribution is -2.46. The van der Waals surface area contributed by atoms with E-state index in [4.69, 9.17) is 15.6 Å². The lowest BCUT2D eigenvalue weighted by atomic mass is 9.98. The number of ether oxygens (including phenoxy) is 1. The summed E-state index contributed by atoms with van der Waals surface area (Å²) in [6.07, 6.45) is 1.23. The Labute approximate surface area is 215 Å². The molecule has 0 saturated carbocycles. The van der Waals surface area contributed by atoms with Gasteiger partial charge in [0.15, 0.2) is 6.17 Å². The number of pyridine rings is 1. The van der Waals surface area contributed by atoms with E-state index in [2.05, 4.69) is 21.0 Å². The topological polar surface area (TPSA) is 101 Å². The Hall–Kier alpha value is -3.82. The lowest BCUT2D eigenvalue weighted by molar-refractivity contribution is 0.0450. The van der Waals surface area contributed by atoms with Crippen LogP contribution >= 0.6 is 0 Å². The number of morpholine rings is 1. The number of para-hydroxylation sites is 1. The minimum Gasteiger partial charge on any atom is -0.386 e. The van der Waals surface area contributed by atoms with Crippen molar-refractivity contribution in [3.63, 3.8) is 0 Å². The highest BCUT2D eigenvalue weighted by molar-refractivity contribution is 6.11. The van der Waals surface area contributed by atoms with E-state index < -0.39 is 0 Å². The number of rotatable bonds is 5. The van der Waals surface area contributed by atoms with Gasteiger partial charge >= 0.3 is 0 Å². The number of aromatic nitrogens is 1. The van der Waals surface area contributed by atoms with Crippen molar-refractivity contribution in [2.75, 3.05) is 32.8 Å². The van der Waals surface area contributed by atoms with E-state index in [-0.39, 0.29) is 17.6 Å². The Morgan fingerprint density at radius 3 is 2.62 bits per heavy atom. The Morgan fingerprint density at radius 1 is 1.03 bits per heavy atom. The van der Waals surface area contributed by atoms with Crippen LogP contribution in [0.5, 0.6) is 0 Å². The third-order valence-electron chi connectivity index (χ3n) is 7.47. The molecule has 3 aliphatic heterocycles. The monoisotopic (exact) mass is 497 g/mol. The maximum Gasteiger partial charge on any atom is 0.263 e. The van der Waals surface area contributed by atoms with Gasteiger partial charge in [0.2, 0.25) is 0 Å². The van der Waals surface area contributed by atoms with Gasteiger partial charge in [0.05, 0.1) is 36.5 Å². The van der Waals surface area contributed by atoms with E-state index in [0.29, 0.717) is 32.1 Å². The molecule has 2 N–H and O–H groups in total. The molecule has 4 heterocycles. The molecule has 37 heavy (non-hydrogen) atoms. The van der Waals surface area contributed by atoms with Gasteiger partial charge in [-0.2, -0.15) is 5.10 Å². The summed E-state index contributed by atoms with van der Waals surface area (Å²) < 4.78 is 7.35. The summed E-state index contributed by atoms with van der Waals surface area (Å²) in [6, 6.07) is 16.1. The van der Waals surface area contributed by atoms with E-state index in [1.807, 2.05) is 65.9 Å². The summed E-state index contributed by atoms with van der Waals surface area (Å²) in [4.78, 5) is 25.3. The summed E-state index contributed by atoms with van der Waals surface area (Å²) >= 11 is 0. The van der Waals surface area contributed by atoms with Crippen molar-refractivity contribution in [1.29, 1.82) is 0 Å². The zero-order valence-electron chi connectivity index (χ0n) is 21.2. The average Bonchev–Trinajstić information content (AvgIpc) is 3.23. The van der Waals surface area contributed by atoms with E-state index in [0.717, 1.165) is 52.1 Å². The van der Waals surface area contributed by atoms with Gasteiger partial charge < -0.3 is 10.5 Å². The first kappa shape index (κ1) is 23.6. The average molecular weight is 498 g/mol. The molecule has 6 rings (SSSR count). The van der Waals surface area contributed by atoms with Crippen LogP contribution in [0.1, 0.15) is 16.8 Å². The standard InChI is InChI=1S/C28H31N7O2/c1-18-6-3-4-9-23(18)35-21(14-20-8-5-7-19(2)24(20)28(35)36)15-34-27-25(26(29)30-17-31-27)22(32-34)16-33-10-12-37-13-11-33/h3-9,14,17,25,27H,10-13,15-16H2,1-2H3,(H2,29,30,31). The summed E-state index contributed by atoms with van der Waals surface area (Å²) in [5.74, 6) is 0.342. The van der Waals surface area contributed by atoms with Gasteiger partial charge in [-0.3, -0.25) is 19.3 Å². The van der Waals surface area contributed by atoms with Crippen LogP contribution in [-0.2, 0) is 11.3 Å². The molecular formula is C28H31N7O2. The molecule has 0 radical (unpaired) electrons. The fourth-order valence-corrected chi connectivity index (χ4v) is 5.56. The molecule has 2 atom stereocenters. The van der Waals surface area contributed by atoms with Crippen molar-refractivity contribution < 1.29 is 4.74 Å². The molecule has 0 amide bonds. The molecule has 3 aliphatic rings. The van der Waals surface area contributed by atoms with Gasteiger partial charge in [-0.05, 0) is 42.5 Å². The normalized spacial score (nSPS) is 21.7. The zero-order valence-corrected chi connectivity index (χ0v) is 21.2. The van der Waals surface area contributed by atoms with Crippen LogP contribution in [0.2, 0.25) is 0 Å². The first-order valence-corrected chi connectivity index (χ1v) is 12.7. The molecule has 0 aliphatic carbocycles. The van der Waals surface area contributed by atoms with Gasteiger partial charge in [-0.15, -0.1) is 0 Å². The number of aliphatic imine (C=N–C) groups is 2. The largest absolute Gasteiger partial charge is 0.386 e. The Kier molecular flexibility index (Phi) is 6.10. The summed E-state index contributed by atoms with van der Waals surface area (Å²) in [5.41, 5.74) is 11.0. The zero-order chi connectivity index (χ0) is 25.5. The number of nitrogens with zero attached hydrogens (tertiary/aromatic N) is 6. The lowest BCUT2D eigenvalue weighted by Gasteiger charge is -2.29. The predicted molar refractivity (Wildman–Crippen MR) is 147 cm³/mol. The molecule has 9 nitrogen and oxygen atoms in total. The van der Waals surface area contributed by atoms with Crippen molar-refractivity contribution in [2.45, 2.75) is 26.6 Å². The number of hydrogen-bond donors (Lipinski definition) is 1. The number of hydrogen-bond acceptors (Lipinski definition) is 8. The van der Waals surface area contributed by atoms with Crippen molar-refractivity contribution in [3.8, 4) is 5.69 Å². The summed E-state index contributed by atoms with van der Waals surface area (Å²) in [5, 5.41) is 8.65. The third-order valence-corrected chi connectivity index (χ3v) is 7.47. The summed E-state index contributed by atoms with van der Waals surface area (Å²) in [7, 11) is 0. The number of hydrazone groups is 1. The maximum absolute atomic E-state index is 14.0. The quantitative estimate of drug-likeness (QED) is 0.584. The highest BCUT2D eigenvalue weighted by atomic mass is 16.5. The molecule has 3 aromatic rings. The predicted octanol–water partition coefficient (Wildman–Crippen LogP) is 2.45. The molecule has 0 spiro atoms. The highest BCUT2D eigenvalue weighted by Gasteiger charge is 2.41. The van der Waals surface area contributed by atoms with E-state index in [1.54, 1.807) is 0 Å². The molecular weight excluding hydrogens is 466 g/mol. The second-order valence-electron chi connectivity index (χ2n) is 9.89. The maximum atomic E-state index is 14.0. The van der Waals surface area contributed by atoms with Gasteiger partial charge in [-0.25, -0.2) is 9.98 Å². The highest BCUT2D eigenvalue weighted by Crippen LogP contribution is 2.29. The van der Waals surface area contributed by atoms with Gasteiger partial charge in [0, 0.05) is 25.3 Å². The van der Waals surface area contributed by atoms with Gasteiger partial charge in [-0.1, -0.05) is 36.4 Å². The van der Waals surface area contributed by atoms with Crippen molar-refractivity contribution in [1.82, 2.24) is 14.5 Å². The van der Waals surface area contributed by atoms with Gasteiger partial charge in [0.25, 0.3) is 5.56 Å². The van der Waals surface area contributed by atoms with Crippen LogP contribution < -0.4 is 11.3 Å².